The molecule has 0 spiro atoms. The van der Waals surface area contributed by atoms with Gasteiger partial charge in [-0.2, -0.15) is 0 Å². The van der Waals surface area contributed by atoms with Gasteiger partial charge in [-0.25, -0.2) is 0 Å². The van der Waals surface area contributed by atoms with Gasteiger partial charge in [-0.1, -0.05) is 36.4 Å². The topological polar surface area (TPSA) is 55.8 Å². The number of esters is 1. The lowest BCUT2D eigenvalue weighted by Gasteiger charge is -2.17. The molecule has 0 heterocycles. The fourth-order valence-corrected chi connectivity index (χ4v) is 3.81. The summed E-state index contributed by atoms with van der Waals surface area (Å²) in [7, 11) is 3.35. The zero-order chi connectivity index (χ0) is 21.3. The maximum Gasteiger partial charge on any atom is 0.307 e. The number of nitrogens with zero attached hydrogens (tertiary/aromatic N) is 1. The molecule has 0 fully saturated rings. The summed E-state index contributed by atoms with van der Waals surface area (Å²) in [4.78, 5) is 26.9. The average molecular weight is 424 g/mol. The highest BCUT2D eigenvalue weighted by Crippen LogP contribution is 2.22. The minimum absolute atomic E-state index is 0.228. The Balaban J connectivity index is 1.43. The maximum atomic E-state index is 12.3. The van der Waals surface area contributed by atoms with E-state index in [0.717, 1.165) is 27.0 Å². The third-order valence-corrected chi connectivity index (χ3v) is 5.65. The zero-order valence-corrected chi connectivity index (χ0v) is 18.0. The molecule has 1 amide bonds. The Labute approximate surface area is 181 Å². The molecule has 6 heteroatoms. The third kappa shape index (κ3) is 6.26. The number of ether oxygens (including phenoxy) is 2. The van der Waals surface area contributed by atoms with Crippen LogP contribution >= 0.6 is 11.8 Å². The molecule has 5 nitrogen and oxygen atoms in total. The lowest BCUT2D eigenvalue weighted by Crippen LogP contribution is -2.30. The highest BCUT2D eigenvalue weighted by Gasteiger charge is 2.13. The molecule has 0 N–H and O–H groups in total. The lowest BCUT2D eigenvalue weighted by molar-refractivity contribution is -0.151. The van der Waals surface area contributed by atoms with Crippen molar-refractivity contribution >= 4 is 34.4 Å². The highest BCUT2D eigenvalue weighted by molar-refractivity contribution is 7.99. The second kappa shape index (κ2) is 10.7. The number of rotatable bonds is 9. The van der Waals surface area contributed by atoms with Crippen LogP contribution in [-0.2, 0) is 20.9 Å². The molecule has 0 bridgehead atoms. The van der Waals surface area contributed by atoms with Crippen molar-refractivity contribution in [3.05, 3.63) is 72.3 Å². The summed E-state index contributed by atoms with van der Waals surface area (Å²) in [6.07, 6.45) is 0.269. The number of hydrogen-bond donors (Lipinski definition) is 0. The molecular weight excluding hydrogens is 398 g/mol. The summed E-state index contributed by atoms with van der Waals surface area (Å²) in [5.74, 6) is 0.842. The predicted octanol–water partition coefficient (Wildman–Crippen LogP) is 4.53. The quantitative estimate of drug-likeness (QED) is 0.374. The SMILES string of the molecule is COc1ccc2cc(CN(C)C(=O)COC(=O)CCSc3ccccc3)ccc2c1. The number of methoxy groups -OCH3 is 1. The average Bonchev–Trinajstić information content (AvgIpc) is 2.77. The van der Waals surface area contributed by atoms with Crippen molar-refractivity contribution in [2.45, 2.75) is 17.9 Å². The van der Waals surface area contributed by atoms with E-state index in [2.05, 4.69) is 0 Å². The first-order chi connectivity index (χ1) is 14.5. The highest BCUT2D eigenvalue weighted by atomic mass is 32.2. The van der Waals surface area contributed by atoms with Crippen LogP contribution in [0.2, 0.25) is 0 Å². The van der Waals surface area contributed by atoms with Crippen LogP contribution in [-0.4, -0.2) is 43.3 Å². The number of likely N-dealkylation sites (N-methyl/N-ethyl adjacent to an activating group) is 1. The molecule has 0 saturated carbocycles. The van der Waals surface area contributed by atoms with Gasteiger partial charge in [-0.15, -0.1) is 11.8 Å². The Morgan fingerprint density at radius 1 is 0.967 bits per heavy atom. The van der Waals surface area contributed by atoms with Crippen molar-refractivity contribution in [2.24, 2.45) is 0 Å². The molecule has 30 heavy (non-hydrogen) atoms. The Bertz CT molecular complexity index is 1010. The second-order valence-electron chi connectivity index (χ2n) is 6.87. The standard InChI is InChI=1S/C24H25NO4S/c1-25(16-18-8-9-20-15-21(28-2)11-10-19(20)14-18)23(26)17-29-24(27)12-13-30-22-6-4-3-5-7-22/h3-11,14-15H,12-13,16-17H2,1-2H3. The summed E-state index contributed by atoms with van der Waals surface area (Å²) >= 11 is 1.59. The number of carbonyl (C=O) groups is 2. The van der Waals surface area contributed by atoms with Gasteiger partial charge < -0.3 is 14.4 Å². The van der Waals surface area contributed by atoms with E-state index in [4.69, 9.17) is 9.47 Å². The van der Waals surface area contributed by atoms with E-state index in [-0.39, 0.29) is 24.9 Å². The number of amides is 1. The van der Waals surface area contributed by atoms with Gasteiger partial charge in [-0.05, 0) is 46.7 Å². The Hall–Kier alpha value is -2.99. The number of fused-ring (bicyclic) bond motifs is 1. The fourth-order valence-electron chi connectivity index (χ4n) is 2.95. The minimum Gasteiger partial charge on any atom is -0.497 e. The molecule has 0 aromatic heterocycles. The van der Waals surface area contributed by atoms with Gasteiger partial charge in [0.15, 0.2) is 6.61 Å². The summed E-state index contributed by atoms with van der Waals surface area (Å²) in [6.45, 7) is 0.207. The first-order valence-corrected chi connectivity index (χ1v) is 10.7. The van der Waals surface area contributed by atoms with Crippen LogP contribution in [0.25, 0.3) is 10.8 Å². The van der Waals surface area contributed by atoms with E-state index < -0.39 is 0 Å². The lowest BCUT2D eigenvalue weighted by atomic mass is 10.1. The first kappa shape index (κ1) is 21.7. The minimum atomic E-state index is -0.361. The van der Waals surface area contributed by atoms with E-state index in [1.165, 1.54) is 0 Å². The van der Waals surface area contributed by atoms with E-state index in [9.17, 15) is 9.59 Å². The molecule has 3 aromatic rings. The molecule has 0 aliphatic rings. The zero-order valence-electron chi connectivity index (χ0n) is 17.2. The Morgan fingerprint density at radius 3 is 2.47 bits per heavy atom. The van der Waals surface area contributed by atoms with E-state index >= 15 is 0 Å². The van der Waals surface area contributed by atoms with E-state index in [0.29, 0.717) is 12.3 Å². The van der Waals surface area contributed by atoms with Crippen LogP contribution in [0.15, 0.2) is 71.6 Å². The molecule has 0 radical (unpaired) electrons. The Kier molecular flexibility index (Phi) is 7.74. The molecule has 3 aromatic carbocycles. The monoisotopic (exact) mass is 423 g/mol. The summed E-state index contributed by atoms with van der Waals surface area (Å²) in [5, 5.41) is 2.16. The number of carbonyl (C=O) groups excluding carboxylic acids is 2. The van der Waals surface area contributed by atoms with Gasteiger partial charge in [0, 0.05) is 24.2 Å². The molecule has 0 aliphatic carbocycles. The van der Waals surface area contributed by atoms with Crippen LogP contribution in [0, 0.1) is 0 Å². The van der Waals surface area contributed by atoms with Crippen molar-refractivity contribution in [3.8, 4) is 5.75 Å². The molecule has 3 rings (SSSR count). The van der Waals surface area contributed by atoms with Crippen LogP contribution in [0.1, 0.15) is 12.0 Å². The largest absolute Gasteiger partial charge is 0.497 e. The molecular formula is C24H25NO4S. The number of thioether (sulfide) groups is 1. The third-order valence-electron chi connectivity index (χ3n) is 4.63. The van der Waals surface area contributed by atoms with Crippen molar-refractivity contribution in [1.29, 1.82) is 0 Å². The van der Waals surface area contributed by atoms with Gasteiger partial charge in [0.25, 0.3) is 5.91 Å². The van der Waals surface area contributed by atoms with Crippen molar-refractivity contribution in [1.82, 2.24) is 4.90 Å². The molecule has 156 valence electrons. The van der Waals surface area contributed by atoms with Gasteiger partial charge in [0.2, 0.25) is 0 Å². The van der Waals surface area contributed by atoms with Gasteiger partial charge in [0.1, 0.15) is 5.75 Å². The van der Waals surface area contributed by atoms with Crippen molar-refractivity contribution in [3.63, 3.8) is 0 Å². The molecule has 0 aliphatic heterocycles. The van der Waals surface area contributed by atoms with Crippen LogP contribution in [0.5, 0.6) is 5.75 Å². The fraction of sp³-hybridized carbons (Fsp3) is 0.250. The second-order valence-corrected chi connectivity index (χ2v) is 8.04. The summed E-state index contributed by atoms with van der Waals surface area (Å²) < 4.78 is 10.4. The molecule has 0 unspecified atom stereocenters. The van der Waals surface area contributed by atoms with E-state index in [1.54, 1.807) is 30.8 Å². The van der Waals surface area contributed by atoms with Crippen LogP contribution in [0.3, 0.4) is 0 Å². The van der Waals surface area contributed by atoms with Gasteiger partial charge in [0.05, 0.1) is 13.5 Å². The van der Waals surface area contributed by atoms with Crippen molar-refractivity contribution < 1.29 is 19.1 Å². The predicted molar refractivity (Wildman–Crippen MR) is 120 cm³/mol. The summed E-state index contributed by atoms with van der Waals surface area (Å²) in [5.41, 5.74) is 1.01. The smallest absolute Gasteiger partial charge is 0.307 e. The number of hydrogen-bond acceptors (Lipinski definition) is 5. The summed E-state index contributed by atoms with van der Waals surface area (Å²) in [6, 6.07) is 21.8. The van der Waals surface area contributed by atoms with Gasteiger partial charge in [-0.3, -0.25) is 9.59 Å². The maximum absolute atomic E-state index is 12.3. The molecule has 0 saturated heterocycles. The Morgan fingerprint density at radius 2 is 1.70 bits per heavy atom. The van der Waals surface area contributed by atoms with Crippen LogP contribution in [0.4, 0.5) is 0 Å². The number of benzene rings is 3. The van der Waals surface area contributed by atoms with Crippen molar-refractivity contribution in [2.75, 3.05) is 26.5 Å². The van der Waals surface area contributed by atoms with E-state index in [1.807, 2.05) is 66.7 Å². The van der Waals surface area contributed by atoms with Crippen LogP contribution < -0.4 is 4.74 Å². The van der Waals surface area contributed by atoms with Gasteiger partial charge >= 0.3 is 5.97 Å². The first-order valence-electron chi connectivity index (χ1n) is 9.69. The normalized spacial score (nSPS) is 10.6. The molecule has 0 atom stereocenters.